The van der Waals surface area contributed by atoms with Crippen LogP contribution in [0.1, 0.15) is 27.7 Å². The summed E-state index contributed by atoms with van der Waals surface area (Å²) in [5.74, 6) is 0. The molecule has 0 aromatic heterocycles. The average molecular weight is 294 g/mol. The molecule has 0 spiro atoms. The smallest absolute Gasteiger partial charge is 0.191 e. The third kappa shape index (κ3) is 2.38. The molecule has 1 rings (SSSR count). The lowest BCUT2D eigenvalue weighted by molar-refractivity contribution is -0.285. The van der Waals surface area contributed by atoms with Crippen molar-refractivity contribution in [3.63, 3.8) is 0 Å². The number of halogens is 1. The van der Waals surface area contributed by atoms with Gasteiger partial charge in [-0.15, -0.1) is 0 Å². The molecule has 114 valence electrons. The van der Waals surface area contributed by atoms with Crippen LogP contribution < -0.4 is 0 Å². The van der Waals surface area contributed by atoms with Crippen LogP contribution >= 0.6 is 0 Å². The molecular formula is C13H27FO4Si. The molecule has 1 saturated heterocycles. The average Bonchev–Trinajstić information content (AvgIpc) is 2.29. The molecule has 1 aliphatic rings. The molecule has 0 aromatic rings. The molecule has 0 radical (unpaired) electrons. The number of aliphatic hydroxyl groups excluding tert-OH is 1. The van der Waals surface area contributed by atoms with Gasteiger partial charge in [0.2, 0.25) is 0 Å². The lowest BCUT2D eigenvalue weighted by Gasteiger charge is -2.56. The number of ether oxygens (including phenoxy) is 2. The fourth-order valence-corrected chi connectivity index (χ4v) is 5.57. The minimum absolute atomic E-state index is 0.275. The Morgan fingerprint density at radius 3 is 2.16 bits per heavy atom. The maximum atomic E-state index is 14.7. The summed E-state index contributed by atoms with van der Waals surface area (Å²) >= 11 is 0. The summed E-state index contributed by atoms with van der Waals surface area (Å²) in [4.78, 5) is 0. The van der Waals surface area contributed by atoms with Gasteiger partial charge < -0.3 is 19.7 Å². The fraction of sp³-hybridized carbons (Fsp3) is 1.00. The summed E-state index contributed by atoms with van der Waals surface area (Å²) in [6.07, 6.45) is -4.83. The first kappa shape index (κ1) is 17.0. The molecule has 1 aliphatic heterocycles. The van der Waals surface area contributed by atoms with Crippen molar-refractivity contribution >= 4 is 8.07 Å². The van der Waals surface area contributed by atoms with E-state index in [4.69, 9.17) is 9.47 Å². The normalized spacial score (nSPS) is 41.4. The number of hydrogen-bond acceptors (Lipinski definition) is 4. The third-order valence-corrected chi connectivity index (χ3v) is 11.3. The van der Waals surface area contributed by atoms with Crippen LogP contribution in [0.15, 0.2) is 0 Å². The zero-order valence-electron chi connectivity index (χ0n) is 12.9. The van der Waals surface area contributed by atoms with E-state index in [1.807, 2.05) is 33.9 Å². The van der Waals surface area contributed by atoms with Crippen LogP contribution in [0.4, 0.5) is 4.39 Å². The van der Waals surface area contributed by atoms with Gasteiger partial charge in [0.25, 0.3) is 0 Å². The van der Waals surface area contributed by atoms with E-state index >= 15 is 0 Å². The first-order valence-corrected chi connectivity index (χ1v) is 9.64. The van der Waals surface area contributed by atoms with E-state index in [1.165, 1.54) is 7.11 Å². The molecule has 4 nitrogen and oxygen atoms in total. The van der Waals surface area contributed by atoms with E-state index in [2.05, 4.69) is 0 Å². The number of alkyl halides is 1. The predicted octanol–water partition coefficient (Wildman–Crippen LogP) is 1.86. The number of methoxy groups -OCH3 is 1. The Labute approximate surface area is 115 Å². The summed E-state index contributed by atoms with van der Waals surface area (Å²) in [7, 11) is -1.24. The van der Waals surface area contributed by atoms with Crippen molar-refractivity contribution < 1.29 is 24.1 Å². The molecule has 6 heteroatoms. The molecule has 0 aliphatic carbocycles. The molecular weight excluding hydrogens is 267 g/mol. The minimum Gasteiger partial charge on any atom is -0.388 e. The van der Waals surface area contributed by atoms with E-state index in [0.717, 1.165) is 0 Å². The van der Waals surface area contributed by atoms with Gasteiger partial charge in [0.05, 0.1) is 14.2 Å². The van der Waals surface area contributed by atoms with Gasteiger partial charge >= 0.3 is 0 Å². The summed E-state index contributed by atoms with van der Waals surface area (Å²) in [5, 5.41) is 19.3. The molecule has 1 heterocycles. The number of rotatable bonds is 2. The van der Waals surface area contributed by atoms with Crippen molar-refractivity contribution in [1.82, 2.24) is 0 Å². The Bertz CT molecular complexity index is 331. The summed E-state index contributed by atoms with van der Waals surface area (Å²) in [5.41, 5.74) is 0. The van der Waals surface area contributed by atoms with Crippen LogP contribution in [0.5, 0.6) is 0 Å². The number of aliphatic hydroxyl groups is 2. The Morgan fingerprint density at radius 1 is 1.32 bits per heavy atom. The van der Waals surface area contributed by atoms with Crippen molar-refractivity contribution in [2.75, 3.05) is 7.11 Å². The predicted molar refractivity (Wildman–Crippen MR) is 74.4 cm³/mol. The SMILES string of the molecule is CO[C@H]1O[C@H](C)[C@H](O)[C@@](O)([Si](C)(C)C(C)(C)C)[C@H]1F. The fourth-order valence-electron chi connectivity index (χ4n) is 2.57. The van der Waals surface area contributed by atoms with E-state index in [1.54, 1.807) is 6.92 Å². The van der Waals surface area contributed by atoms with Crippen LogP contribution in [-0.2, 0) is 9.47 Å². The Hall–Kier alpha value is -0.0131. The van der Waals surface area contributed by atoms with Crippen molar-refractivity contribution in [3.8, 4) is 0 Å². The molecule has 0 unspecified atom stereocenters. The summed E-state index contributed by atoms with van der Waals surface area (Å²) < 4.78 is 25.0. The highest BCUT2D eigenvalue weighted by atomic mass is 28.3. The molecule has 0 amide bonds. The molecule has 1 fully saturated rings. The van der Waals surface area contributed by atoms with Crippen LogP contribution in [0.2, 0.25) is 18.1 Å². The highest BCUT2D eigenvalue weighted by Gasteiger charge is 2.66. The van der Waals surface area contributed by atoms with Crippen LogP contribution in [0.3, 0.4) is 0 Å². The van der Waals surface area contributed by atoms with Gasteiger partial charge in [0, 0.05) is 7.11 Å². The van der Waals surface area contributed by atoms with Gasteiger partial charge in [-0.2, -0.15) is 0 Å². The lowest BCUT2D eigenvalue weighted by atomic mass is 9.99. The highest BCUT2D eigenvalue weighted by Crippen LogP contribution is 2.49. The summed E-state index contributed by atoms with van der Waals surface area (Å²) in [6, 6.07) is 0. The largest absolute Gasteiger partial charge is 0.388 e. The first-order valence-electron chi connectivity index (χ1n) is 6.64. The number of hydrogen-bond donors (Lipinski definition) is 2. The maximum absolute atomic E-state index is 14.7. The monoisotopic (exact) mass is 294 g/mol. The lowest BCUT2D eigenvalue weighted by Crippen LogP contribution is -2.77. The van der Waals surface area contributed by atoms with Crippen LogP contribution in [-0.4, -0.2) is 55.3 Å². The zero-order valence-corrected chi connectivity index (χ0v) is 13.9. The molecule has 19 heavy (non-hydrogen) atoms. The maximum Gasteiger partial charge on any atom is 0.191 e. The van der Waals surface area contributed by atoms with Crippen molar-refractivity contribution in [2.24, 2.45) is 0 Å². The van der Waals surface area contributed by atoms with Gasteiger partial charge in [-0.05, 0) is 12.0 Å². The first-order chi connectivity index (χ1) is 8.41. The minimum atomic E-state index is -2.58. The Morgan fingerprint density at radius 2 is 1.79 bits per heavy atom. The topological polar surface area (TPSA) is 58.9 Å². The summed E-state index contributed by atoms with van der Waals surface area (Å²) in [6.45, 7) is 11.3. The Balaban J connectivity index is 3.31. The second-order valence-electron chi connectivity index (χ2n) is 6.99. The molecule has 0 bridgehead atoms. The van der Waals surface area contributed by atoms with Crippen molar-refractivity contribution in [3.05, 3.63) is 0 Å². The van der Waals surface area contributed by atoms with Crippen molar-refractivity contribution in [2.45, 2.75) is 75.7 Å². The molecule has 2 N–H and O–H groups in total. The highest BCUT2D eigenvalue weighted by molar-refractivity contribution is 6.83. The quantitative estimate of drug-likeness (QED) is 0.763. The van der Waals surface area contributed by atoms with E-state index in [0.29, 0.717) is 0 Å². The van der Waals surface area contributed by atoms with Gasteiger partial charge in [-0.1, -0.05) is 33.9 Å². The van der Waals surface area contributed by atoms with Gasteiger partial charge in [-0.3, -0.25) is 0 Å². The zero-order chi connectivity index (χ0) is 15.2. The van der Waals surface area contributed by atoms with Gasteiger partial charge in [0.15, 0.2) is 12.5 Å². The molecule has 0 aromatic carbocycles. The van der Waals surface area contributed by atoms with Gasteiger partial charge in [0.1, 0.15) is 11.3 Å². The van der Waals surface area contributed by atoms with Crippen molar-refractivity contribution in [1.29, 1.82) is 0 Å². The van der Waals surface area contributed by atoms with E-state index in [-0.39, 0.29) is 5.04 Å². The molecule has 0 saturated carbocycles. The van der Waals surface area contributed by atoms with Gasteiger partial charge in [-0.25, -0.2) is 4.39 Å². The standard InChI is InChI=1S/C13H27FO4Si/c1-8-10(15)13(16,9(14)11(17-5)18-8)19(6,7)12(2,3)4/h8-11,15-16H,1-7H3/t8-,9+,10+,11+,13+/m1/s1. The Kier molecular flexibility index (Phi) is 4.55. The third-order valence-electron chi connectivity index (χ3n) is 5.01. The van der Waals surface area contributed by atoms with Crippen LogP contribution in [0.25, 0.3) is 0 Å². The molecule has 5 atom stereocenters. The second-order valence-corrected chi connectivity index (χ2v) is 12.5. The van der Waals surface area contributed by atoms with Crippen LogP contribution in [0, 0.1) is 0 Å². The van der Waals surface area contributed by atoms with E-state index in [9.17, 15) is 14.6 Å². The second kappa shape index (κ2) is 5.07. The van der Waals surface area contributed by atoms with E-state index < -0.39 is 38.0 Å².